The van der Waals surface area contributed by atoms with E-state index >= 15 is 0 Å². The molecule has 0 saturated heterocycles. The van der Waals surface area contributed by atoms with Gasteiger partial charge in [-0.1, -0.05) is 29.8 Å². The summed E-state index contributed by atoms with van der Waals surface area (Å²) in [6.07, 6.45) is 4.90. The van der Waals surface area contributed by atoms with Crippen LogP contribution in [-0.2, 0) is 0 Å². The molecule has 0 aliphatic rings. The van der Waals surface area contributed by atoms with Crippen molar-refractivity contribution in [2.75, 3.05) is 5.43 Å². The summed E-state index contributed by atoms with van der Waals surface area (Å²) < 4.78 is 0. The topological polar surface area (TPSA) is 85.9 Å². The van der Waals surface area contributed by atoms with E-state index in [9.17, 15) is 4.79 Å². The zero-order chi connectivity index (χ0) is 13.9. The van der Waals surface area contributed by atoms with Crippen LogP contribution in [-0.4, -0.2) is 21.4 Å². The van der Waals surface area contributed by atoms with Gasteiger partial charge in [-0.15, -0.1) is 0 Å². The van der Waals surface area contributed by atoms with Gasteiger partial charge in [-0.25, -0.2) is 5.10 Å². The lowest BCUT2D eigenvalue weighted by atomic mass is 10.2. The van der Waals surface area contributed by atoms with Crippen LogP contribution in [0.25, 0.3) is 10.9 Å². The summed E-state index contributed by atoms with van der Waals surface area (Å²) in [5, 5.41) is 11.0. The first-order valence-electron chi connectivity index (χ1n) is 5.84. The third-order valence-electron chi connectivity index (χ3n) is 2.81. The van der Waals surface area contributed by atoms with E-state index in [2.05, 4.69) is 25.7 Å². The van der Waals surface area contributed by atoms with Crippen molar-refractivity contribution < 1.29 is 0 Å². The predicted octanol–water partition coefficient (Wildman–Crippen LogP) is 2.35. The van der Waals surface area contributed by atoms with Crippen LogP contribution >= 0.6 is 11.6 Å². The summed E-state index contributed by atoms with van der Waals surface area (Å²) in [6.45, 7) is 0. The molecule has 3 aromatic rings. The lowest BCUT2D eigenvalue weighted by Crippen LogP contribution is -2.10. The van der Waals surface area contributed by atoms with Crippen molar-refractivity contribution >= 4 is 34.4 Å². The van der Waals surface area contributed by atoms with Crippen LogP contribution in [0.3, 0.4) is 0 Å². The molecule has 0 aliphatic carbocycles. The van der Waals surface area contributed by atoms with E-state index < -0.39 is 5.56 Å². The highest BCUT2D eigenvalue weighted by Crippen LogP contribution is 2.17. The van der Waals surface area contributed by atoms with Crippen LogP contribution in [0.4, 0.5) is 5.69 Å². The maximum absolute atomic E-state index is 11.3. The first-order valence-corrected chi connectivity index (χ1v) is 6.22. The molecule has 0 unspecified atom stereocenters. The average molecular weight is 288 g/mol. The van der Waals surface area contributed by atoms with Gasteiger partial charge in [-0.3, -0.25) is 10.2 Å². The lowest BCUT2D eigenvalue weighted by molar-refractivity contribution is 0.987. The number of anilines is 1. The molecule has 7 heteroatoms. The number of nitrogens with zero attached hydrogens (tertiary/aromatic N) is 2. The largest absolute Gasteiger partial charge is 0.361 e. The molecule has 0 atom stereocenters. The van der Waals surface area contributed by atoms with Crippen LogP contribution in [0.2, 0.25) is 5.02 Å². The van der Waals surface area contributed by atoms with Gasteiger partial charge in [0.2, 0.25) is 0 Å². The number of hydrazone groups is 1. The standard InChI is InChI=1S/C13H10ClN5O/c14-12-11(7-17-19-13(12)20)18-16-6-8-5-15-10-4-2-1-3-9(8)10/h1-7,15H,(H2,18,19,20)/b16-6+. The van der Waals surface area contributed by atoms with Crippen molar-refractivity contribution in [2.24, 2.45) is 5.10 Å². The van der Waals surface area contributed by atoms with E-state index in [4.69, 9.17) is 11.6 Å². The minimum Gasteiger partial charge on any atom is -0.361 e. The fourth-order valence-corrected chi connectivity index (χ4v) is 1.97. The first kappa shape index (κ1) is 12.4. The SMILES string of the molecule is O=c1[nH]ncc(N/N=C/c2c[nH]c3ccccc23)c1Cl. The average Bonchev–Trinajstić information content (AvgIpc) is 2.87. The van der Waals surface area contributed by atoms with Gasteiger partial charge in [0.05, 0.1) is 12.4 Å². The molecule has 0 fully saturated rings. The second-order valence-corrected chi connectivity index (χ2v) is 4.46. The number of benzene rings is 1. The number of aromatic amines is 2. The Bertz CT molecular complexity index is 836. The third-order valence-corrected chi connectivity index (χ3v) is 3.18. The molecule has 2 aromatic heterocycles. The van der Waals surface area contributed by atoms with Gasteiger partial charge in [0, 0.05) is 22.7 Å². The van der Waals surface area contributed by atoms with E-state index in [1.165, 1.54) is 6.20 Å². The highest BCUT2D eigenvalue weighted by atomic mass is 35.5. The molecule has 100 valence electrons. The summed E-state index contributed by atoms with van der Waals surface area (Å²) in [5.74, 6) is 0. The number of aromatic nitrogens is 3. The van der Waals surface area contributed by atoms with Crippen LogP contribution in [0.5, 0.6) is 0 Å². The molecule has 6 nitrogen and oxygen atoms in total. The molecular formula is C13H10ClN5O. The Labute approximate surface area is 118 Å². The zero-order valence-corrected chi connectivity index (χ0v) is 11.0. The lowest BCUT2D eigenvalue weighted by Gasteiger charge is -1.99. The highest BCUT2D eigenvalue weighted by molar-refractivity contribution is 6.32. The van der Waals surface area contributed by atoms with E-state index in [0.29, 0.717) is 5.69 Å². The van der Waals surface area contributed by atoms with Crippen LogP contribution in [0.1, 0.15) is 5.56 Å². The van der Waals surface area contributed by atoms with Crippen molar-refractivity contribution in [1.82, 2.24) is 15.2 Å². The normalized spacial score (nSPS) is 11.2. The Morgan fingerprint density at radius 2 is 2.20 bits per heavy atom. The van der Waals surface area contributed by atoms with Gasteiger partial charge in [0.1, 0.15) is 10.7 Å². The van der Waals surface area contributed by atoms with Gasteiger partial charge in [-0.2, -0.15) is 10.2 Å². The first-order chi connectivity index (χ1) is 9.75. The Balaban J connectivity index is 1.84. The second-order valence-electron chi connectivity index (χ2n) is 4.09. The van der Waals surface area contributed by atoms with Gasteiger partial charge >= 0.3 is 0 Å². The molecule has 2 heterocycles. The smallest absolute Gasteiger partial charge is 0.285 e. The molecular weight excluding hydrogens is 278 g/mol. The minimum absolute atomic E-state index is 0.0241. The Morgan fingerprint density at radius 3 is 3.10 bits per heavy atom. The number of fused-ring (bicyclic) bond motifs is 1. The molecule has 0 bridgehead atoms. The summed E-state index contributed by atoms with van der Waals surface area (Å²) in [5.41, 5.74) is 4.56. The van der Waals surface area contributed by atoms with Crippen LogP contribution < -0.4 is 11.0 Å². The maximum Gasteiger partial charge on any atom is 0.285 e. The van der Waals surface area contributed by atoms with Crippen molar-refractivity contribution in [3.05, 3.63) is 57.6 Å². The molecule has 0 amide bonds. The Hall–Kier alpha value is -2.60. The predicted molar refractivity (Wildman–Crippen MR) is 79.4 cm³/mol. The fourth-order valence-electron chi connectivity index (χ4n) is 1.83. The quantitative estimate of drug-likeness (QED) is 0.510. The molecule has 0 aliphatic heterocycles. The third kappa shape index (κ3) is 2.28. The monoisotopic (exact) mass is 287 g/mol. The zero-order valence-electron chi connectivity index (χ0n) is 10.2. The molecule has 0 saturated carbocycles. The number of para-hydroxylation sites is 1. The molecule has 3 N–H and O–H groups in total. The summed E-state index contributed by atoms with van der Waals surface area (Å²) in [4.78, 5) is 14.4. The highest BCUT2D eigenvalue weighted by Gasteiger charge is 2.03. The van der Waals surface area contributed by atoms with Crippen molar-refractivity contribution in [3.8, 4) is 0 Å². The van der Waals surface area contributed by atoms with E-state index in [0.717, 1.165) is 16.5 Å². The number of hydrogen-bond acceptors (Lipinski definition) is 4. The summed E-state index contributed by atoms with van der Waals surface area (Å²) in [7, 11) is 0. The Morgan fingerprint density at radius 1 is 1.35 bits per heavy atom. The molecule has 20 heavy (non-hydrogen) atoms. The molecule has 0 radical (unpaired) electrons. The van der Waals surface area contributed by atoms with Crippen LogP contribution in [0, 0.1) is 0 Å². The van der Waals surface area contributed by atoms with Gasteiger partial charge < -0.3 is 4.98 Å². The van der Waals surface area contributed by atoms with Gasteiger partial charge in [0.25, 0.3) is 5.56 Å². The van der Waals surface area contributed by atoms with Gasteiger partial charge in [-0.05, 0) is 6.07 Å². The fraction of sp³-hybridized carbons (Fsp3) is 0. The number of rotatable bonds is 3. The summed E-state index contributed by atoms with van der Waals surface area (Å²) in [6, 6.07) is 7.89. The van der Waals surface area contributed by atoms with E-state index in [1.807, 2.05) is 30.5 Å². The molecule has 1 aromatic carbocycles. The van der Waals surface area contributed by atoms with Crippen molar-refractivity contribution in [2.45, 2.75) is 0 Å². The minimum atomic E-state index is -0.459. The van der Waals surface area contributed by atoms with Crippen molar-refractivity contribution in [1.29, 1.82) is 0 Å². The number of halogens is 1. The number of nitrogens with one attached hydrogen (secondary N) is 3. The van der Waals surface area contributed by atoms with Crippen LogP contribution in [0.15, 0.2) is 46.6 Å². The van der Waals surface area contributed by atoms with E-state index in [1.54, 1.807) is 6.21 Å². The van der Waals surface area contributed by atoms with Gasteiger partial charge in [0.15, 0.2) is 0 Å². The van der Waals surface area contributed by atoms with Crippen molar-refractivity contribution in [3.63, 3.8) is 0 Å². The number of hydrogen-bond donors (Lipinski definition) is 3. The summed E-state index contributed by atoms with van der Waals surface area (Å²) >= 11 is 5.82. The molecule has 3 rings (SSSR count). The second kappa shape index (κ2) is 5.18. The Kier molecular flexibility index (Phi) is 3.22. The number of H-pyrrole nitrogens is 2. The maximum atomic E-state index is 11.3. The van der Waals surface area contributed by atoms with E-state index in [-0.39, 0.29) is 5.02 Å². The molecule has 0 spiro atoms.